The number of aromatic nitrogens is 1. The molecule has 0 atom stereocenters. The molecule has 230 valence electrons. The standard InChI is InChI=1S/C34H53NO4S2/c1-6-11-16-17-20-35-27(33-31(38-23-14-9-4)29(25-40-33)36-21-12-7-2)18-19-28(35)34-32(39-24-15-10-5)30(26-41-34)37-22-13-8-3/h18-19,25-26H,6-17,20-24H2,1-5H3. The van der Waals surface area contributed by atoms with Gasteiger partial charge in [-0.2, -0.15) is 0 Å². The third-order valence-electron chi connectivity index (χ3n) is 7.11. The Morgan fingerprint density at radius 2 is 0.927 bits per heavy atom. The Kier molecular flexibility index (Phi) is 15.6. The van der Waals surface area contributed by atoms with Gasteiger partial charge in [0.15, 0.2) is 23.0 Å². The summed E-state index contributed by atoms with van der Waals surface area (Å²) in [5.74, 6) is 3.55. The highest BCUT2D eigenvalue weighted by Crippen LogP contribution is 2.49. The molecule has 5 nitrogen and oxygen atoms in total. The van der Waals surface area contributed by atoms with Crippen LogP contribution in [0.1, 0.15) is 112 Å². The molecule has 0 N–H and O–H groups in total. The maximum atomic E-state index is 6.43. The fourth-order valence-electron chi connectivity index (χ4n) is 4.58. The van der Waals surface area contributed by atoms with Crippen LogP contribution in [0.25, 0.3) is 21.1 Å². The van der Waals surface area contributed by atoms with Crippen molar-refractivity contribution < 1.29 is 18.9 Å². The Bertz CT molecular complexity index is 1040. The van der Waals surface area contributed by atoms with Crippen LogP contribution in [-0.4, -0.2) is 31.0 Å². The van der Waals surface area contributed by atoms with Crippen LogP contribution in [0.2, 0.25) is 0 Å². The first kappa shape index (κ1) is 33.4. The molecule has 0 radical (unpaired) electrons. The third kappa shape index (κ3) is 9.71. The molecule has 41 heavy (non-hydrogen) atoms. The van der Waals surface area contributed by atoms with Crippen LogP contribution in [0.5, 0.6) is 23.0 Å². The van der Waals surface area contributed by atoms with Gasteiger partial charge in [-0.15, -0.1) is 22.7 Å². The lowest BCUT2D eigenvalue weighted by molar-refractivity contribution is 0.264. The first-order valence-electron chi connectivity index (χ1n) is 16.1. The van der Waals surface area contributed by atoms with Gasteiger partial charge in [0.25, 0.3) is 0 Å². The first-order valence-corrected chi connectivity index (χ1v) is 17.9. The van der Waals surface area contributed by atoms with Gasteiger partial charge in [-0.05, 0) is 44.2 Å². The molecule has 3 aromatic rings. The zero-order valence-corrected chi connectivity index (χ0v) is 27.9. The molecule has 0 spiro atoms. The van der Waals surface area contributed by atoms with Gasteiger partial charge in [0.05, 0.1) is 47.6 Å². The van der Waals surface area contributed by atoms with Crippen molar-refractivity contribution in [3.8, 4) is 44.1 Å². The van der Waals surface area contributed by atoms with Gasteiger partial charge >= 0.3 is 0 Å². The van der Waals surface area contributed by atoms with Crippen molar-refractivity contribution >= 4 is 22.7 Å². The summed E-state index contributed by atoms with van der Waals surface area (Å²) in [6, 6.07) is 4.52. The summed E-state index contributed by atoms with van der Waals surface area (Å²) < 4.78 is 27.8. The summed E-state index contributed by atoms with van der Waals surface area (Å²) in [4.78, 5) is 2.30. The van der Waals surface area contributed by atoms with Gasteiger partial charge in [0, 0.05) is 17.3 Å². The predicted octanol–water partition coefficient (Wildman–Crippen LogP) is 11.2. The van der Waals surface area contributed by atoms with Gasteiger partial charge in [-0.1, -0.05) is 79.6 Å². The number of thiophene rings is 2. The molecule has 7 heteroatoms. The summed E-state index contributed by atoms with van der Waals surface area (Å²) >= 11 is 3.46. The van der Waals surface area contributed by atoms with Gasteiger partial charge < -0.3 is 23.5 Å². The normalized spacial score (nSPS) is 11.2. The fourth-order valence-corrected chi connectivity index (χ4v) is 6.51. The van der Waals surface area contributed by atoms with Gasteiger partial charge in [0.2, 0.25) is 0 Å². The van der Waals surface area contributed by atoms with E-state index in [0.29, 0.717) is 26.4 Å². The highest BCUT2D eigenvalue weighted by Gasteiger charge is 2.24. The largest absolute Gasteiger partial charge is 0.489 e. The van der Waals surface area contributed by atoms with Crippen molar-refractivity contribution in [1.82, 2.24) is 4.57 Å². The molecule has 0 aliphatic heterocycles. The molecule has 3 heterocycles. The molecule has 0 aromatic carbocycles. The van der Waals surface area contributed by atoms with Crippen molar-refractivity contribution in [1.29, 1.82) is 0 Å². The Balaban J connectivity index is 2.04. The summed E-state index contributed by atoms with van der Waals surface area (Å²) in [6.07, 6.45) is 13.4. The zero-order valence-electron chi connectivity index (χ0n) is 26.2. The van der Waals surface area contributed by atoms with Crippen molar-refractivity contribution in [2.45, 2.75) is 118 Å². The predicted molar refractivity (Wildman–Crippen MR) is 177 cm³/mol. The minimum absolute atomic E-state index is 0.702. The Morgan fingerprint density at radius 3 is 1.34 bits per heavy atom. The van der Waals surface area contributed by atoms with Crippen LogP contribution < -0.4 is 18.9 Å². The van der Waals surface area contributed by atoms with Gasteiger partial charge in [0.1, 0.15) is 0 Å². The van der Waals surface area contributed by atoms with E-state index >= 15 is 0 Å². The number of hydrogen-bond donors (Lipinski definition) is 0. The second-order valence-corrected chi connectivity index (χ2v) is 12.4. The van der Waals surface area contributed by atoms with Crippen molar-refractivity contribution in [3.05, 3.63) is 22.9 Å². The molecule has 0 saturated carbocycles. The molecule has 0 aliphatic rings. The molecule has 3 rings (SSSR count). The highest BCUT2D eigenvalue weighted by atomic mass is 32.1. The third-order valence-corrected chi connectivity index (χ3v) is 9.03. The number of hydrogen-bond acceptors (Lipinski definition) is 6. The second kappa shape index (κ2) is 19.1. The van der Waals surface area contributed by atoms with Crippen molar-refractivity contribution in [2.24, 2.45) is 0 Å². The van der Waals surface area contributed by atoms with Crippen LogP contribution in [0.3, 0.4) is 0 Å². The lowest BCUT2D eigenvalue weighted by Crippen LogP contribution is -2.05. The van der Waals surface area contributed by atoms with E-state index in [0.717, 1.165) is 97.1 Å². The molecule has 0 amide bonds. The van der Waals surface area contributed by atoms with E-state index in [1.54, 1.807) is 22.7 Å². The van der Waals surface area contributed by atoms with E-state index < -0.39 is 0 Å². The van der Waals surface area contributed by atoms with E-state index in [-0.39, 0.29) is 0 Å². The minimum atomic E-state index is 0.702. The fraction of sp³-hybridized carbons (Fsp3) is 0.647. The Hall–Kier alpha value is -2.12. The molecule has 3 aromatic heterocycles. The van der Waals surface area contributed by atoms with Crippen LogP contribution >= 0.6 is 22.7 Å². The van der Waals surface area contributed by atoms with Crippen LogP contribution in [0.15, 0.2) is 22.9 Å². The Morgan fingerprint density at radius 1 is 0.512 bits per heavy atom. The van der Waals surface area contributed by atoms with E-state index in [4.69, 9.17) is 18.9 Å². The van der Waals surface area contributed by atoms with Crippen molar-refractivity contribution in [3.63, 3.8) is 0 Å². The first-order chi connectivity index (χ1) is 20.2. The zero-order chi connectivity index (χ0) is 29.3. The molecule has 0 aliphatic carbocycles. The quantitative estimate of drug-likeness (QED) is 0.101. The summed E-state index contributed by atoms with van der Waals surface area (Å²) in [5, 5.41) is 4.26. The van der Waals surface area contributed by atoms with Crippen LogP contribution in [0.4, 0.5) is 0 Å². The monoisotopic (exact) mass is 603 g/mol. The van der Waals surface area contributed by atoms with Gasteiger partial charge in [-0.25, -0.2) is 0 Å². The minimum Gasteiger partial charge on any atom is -0.489 e. The topological polar surface area (TPSA) is 41.9 Å². The number of nitrogens with zero attached hydrogens (tertiary/aromatic N) is 1. The lowest BCUT2D eigenvalue weighted by atomic mass is 10.2. The maximum Gasteiger partial charge on any atom is 0.181 e. The van der Waals surface area contributed by atoms with E-state index in [9.17, 15) is 0 Å². The highest BCUT2D eigenvalue weighted by molar-refractivity contribution is 7.14. The van der Waals surface area contributed by atoms with Gasteiger partial charge in [-0.3, -0.25) is 0 Å². The number of ether oxygens (including phenoxy) is 4. The average molecular weight is 604 g/mol. The van der Waals surface area contributed by atoms with E-state index in [1.807, 2.05) is 0 Å². The molecule has 0 unspecified atom stereocenters. The molecular formula is C34H53NO4S2. The van der Waals surface area contributed by atoms with Crippen LogP contribution in [0, 0.1) is 0 Å². The molecule has 0 fully saturated rings. The summed E-state index contributed by atoms with van der Waals surface area (Å²) in [7, 11) is 0. The second-order valence-electron chi connectivity index (χ2n) is 10.6. The Labute approximate surface area is 257 Å². The van der Waals surface area contributed by atoms with Crippen molar-refractivity contribution in [2.75, 3.05) is 26.4 Å². The number of rotatable bonds is 23. The van der Waals surface area contributed by atoms with Crippen LogP contribution in [-0.2, 0) is 6.54 Å². The lowest BCUT2D eigenvalue weighted by Gasteiger charge is -2.16. The summed E-state index contributed by atoms with van der Waals surface area (Å²) in [6.45, 7) is 14.8. The summed E-state index contributed by atoms with van der Waals surface area (Å²) in [5.41, 5.74) is 2.39. The maximum absolute atomic E-state index is 6.43. The molecular weight excluding hydrogens is 551 g/mol. The average Bonchev–Trinajstić information content (AvgIpc) is 3.69. The molecule has 0 saturated heterocycles. The molecule has 0 bridgehead atoms. The number of unbranched alkanes of at least 4 members (excludes halogenated alkanes) is 7. The SMILES string of the molecule is CCCCCCn1c(-c2scc(OCCCC)c2OCCCC)ccc1-c1scc(OCCCC)c1OCCCC. The van der Waals surface area contributed by atoms with E-state index in [2.05, 4.69) is 62.1 Å². The smallest absolute Gasteiger partial charge is 0.181 e. The van der Waals surface area contributed by atoms with E-state index in [1.165, 1.54) is 30.7 Å².